The first-order valence-electron chi connectivity index (χ1n) is 4.84. The van der Waals surface area contributed by atoms with Crippen molar-refractivity contribution in [3.8, 4) is 0 Å². The Morgan fingerprint density at radius 2 is 2.27 bits per heavy atom. The van der Waals surface area contributed by atoms with Crippen molar-refractivity contribution in [2.75, 3.05) is 5.32 Å². The molecule has 0 aliphatic rings. The normalized spacial score (nSPS) is 12.2. The molecule has 0 bridgehead atoms. The first-order chi connectivity index (χ1) is 7.04. The number of aromatic carboxylic acids is 1. The lowest BCUT2D eigenvalue weighted by atomic mass is 10.1. The summed E-state index contributed by atoms with van der Waals surface area (Å²) < 4.78 is 13.2. The van der Waals surface area contributed by atoms with E-state index in [-0.39, 0.29) is 11.6 Å². The van der Waals surface area contributed by atoms with Crippen LogP contribution in [-0.2, 0) is 0 Å². The fourth-order valence-electron chi connectivity index (χ4n) is 1.16. The summed E-state index contributed by atoms with van der Waals surface area (Å²) in [5.41, 5.74) is 0.302. The van der Waals surface area contributed by atoms with Gasteiger partial charge in [0.15, 0.2) is 0 Å². The number of carboxylic acids is 1. The van der Waals surface area contributed by atoms with Crippen molar-refractivity contribution in [1.29, 1.82) is 0 Å². The third-order valence-electron chi connectivity index (χ3n) is 2.22. The number of rotatable bonds is 4. The summed E-state index contributed by atoms with van der Waals surface area (Å²) in [5, 5.41) is 11.7. The first-order valence-corrected chi connectivity index (χ1v) is 4.84. The molecule has 1 atom stereocenters. The lowest BCUT2D eigenvalue weighted by Gasteiger charge is -2.13. The summed E-state index contributed by atoms with van der Waals surface area (Å²) in [6.07, 6.45) is 0.919. The molecule has 3 nitrogen and oxygen atoms in total. The molecule has 2 N–H and O–H groups in total. The van der Waals surface area contributed by atoms with Crippen molar-refractivity contribution in [2.45, 2.75) is 26.3 Å². The Bertz CT molecular complexity index is 366. The molecule has 0 spiro atoms. The van der Waals surface area contributed by atoms with Gasteiger partial charge in [0, 0.05) is 11.7 Å². The zero-order valence-electron chi connectivity index (χ0n) is 8.75. The maximum absolute atomic E-state index is 13.2. The molecule has 82 valence electrons. The minimum absolute atomic E-state index is 0.236. The largest absolute Gasteiger partial charge is 0.478 e. The molecule has 0 saturated carbocycles. The molecule has 0 amide bonds. The monoisotopic (exact) mass is 211 g/mol. The van der Waals surface area contributed by atoms with Gasteiger partial charge in [-0.05, 0) is 31.5 Å². The van der Waals surface area contributed by atoms with E-state index >= 15 is 0 Å². The molecule has 1 rings (SSSR count). The smallest absolute Gasteiger partial charge is 0.338 e. The second-order valence-corrected chi connectivity index (χ2v) is 3.45. The van der Waals surface area contributed by atoms with Crippen molar-refractivity contribution in [1.82, 2.24) is 0 Å². The number of hydrogen-bond donors (Lipinski definition) is 2. The van der Waals surface area contributed by atoms with Gasteiger partial charge in [0.25, 0.3) is 0 Å². The van der Waals surface area contributed by atoms with Gasteiger partial charge in [-0.3, -0.25) is 0 Å². The van der Waals surface area contributed by atoms with E-state index in [1.54, 1.807) is 6.07 Å². The summed E-state index contributed by atoms with van der Waals surface area (Å²) in [6.45, 7) is 3.99. The third kappa shape index (κ3) is 2.94. The van der Waals surface area contributed by atoms with E-state index in [0.717, 1.165) is 6.42 Å². The van der Waals surface area contributed by atoms with Gasteiger partial charge in [-0.2, -0.15) is 0 Å². The second-order valence-electron chi connectivity index (χ2n) is 3.45. The summed E-state index contributed by atoms with van der Waals surface area (Å²) in [5.74, 6) is -1.96. The van der Waals surface area contributed by atoms with E-state index in [1.807, 2.05) is 13.8 Å². The zero-order valence-corrected chi connectivity index (χ0v) is 8.75. The predicted octanol–water partition coefficient (Wildman–Crippen LogP) is 2.73. The van der Waals surface area contributed by atoms with E-state index in [1.165, 1.54) is 12.1 Å². The topological polar surface area (TPSA) is 49.3 Å². The van der Waals surface area contributed by atoms with Crippen LogP contribution in [0.2, 0.25) is 0 Å². The highest BCUT2D eigenvalue weighted by Gasteiger charge is 2.10. The van der Waals surface area contributed by atoms with Gasteiger partial charge in [0.05, 0.1) is 5.56 Å². The van der Waals surface area contributed by atoms with Crippen LogP contribution < -0.4 is 5.32 Å². The second kappa shape index (κ2) is 4.77. The fraction of sp³-hybridized carbons (Fsp3) is 0.364. The number of hydrogen-bond acceptors (Lipinski definition) is 2. The Morgan fingerprint density at radius 1 is 1.60 bits per heavy atom. The third-order valence-corrected chi connectivity index (χ3v) is 2.22. The van der Waals surface area contributed by atoms with Crippen molar-refractivity contribution in [3.63, 3.8) is 0 Å². The Kier molecular flexibility index (Phi) is 3.66. The Labute approximate surface area is 87.9 Å². The van der Waals surface area contributed by atoms with Crippen LogP contribution in [-0.4, -0.2) is 17.1 Å². The molecule has 0 radical (unpaired) electrons. The highest BCUT2D eigenvalue weighted by atomic mass is 19.1. The fourth-order valence-corrected chi connectivity index (χ4v) is 1.16. The highest BCUT2D eigenvalue weighted by molar-refractivity contribution is 5.88. The van der Waals surface area contributed by atoms with Gasteiger partial charge in [0.2, 0.25) is 0 Å². The first kappa shape index (κ1) is 11.5. The van der Waals surface area contributed by atoms with Gasteiger partial charge in [0.1, 0.15) is 5.82 Å². The number of carbonyl (C=O) groups is 1. The number of carboxylic acid groups (broad SMARTS) is 1. The number of halogens is 1. The Morgan fingerprint density at radius 3 is 2.73 bits per heavy atom. The molecule has 1 aromatic carbocycles. The van der Waals surface area contributed by atoms with Crippen LogP contribution in [0, 0.1) is 5.82 Å². The average molecular weight is 211 g/mol. The summed E-state index contributed by atoms with van der Waals surface area (Å²) in [4.78, 5) is 10.6. The quantitative estimate of drug-likeness (QED) is 0.805. The van der Waals surface area contributed by atoms with Crippen LogP contribution in [0.25, 0.3) is 0 Å². The molecular formula is C11H14FNO2. The molecule has 1 aromatic rings. The number of anilines is 1. The maximum Gasteiger partial charge on any atom is 0.338 e. The van der Waals surface area contributed by atoms with Gasteiger partial charge in [-0.15, -0.1) is 0 Å². The number of nitrogens with one attached hydrogen (secondary N) is 1. The molecule has 0 fully saturated rings. The van der Waals surface area contributed by atoms with Crippen LogP contribution >= 0.6 is 0 Å². The zero-order chi connectivity index (χ0) is 11.4. The Balaban J connectivity index is 2.87. The van der Waals surface area contributed by atoms with Crippen LogP contribution in [0.1, 0.15) is 30.6 Å². The maximum atomic E-state index is 13.2. The minimum atomic E-state index is -1.25. The van der Waals surface area contributed by atoms with Crippen molar-refractivity contribution < 1.29 is 14.3 Å². The van der Waals surface area contributed by atoms with Gasteiger partial charge >= 0.3 is 5.97 Å². The van der Waals surface area contributed by atoms with Crippen LogP contribution in [0.4, 0.5) is 10.1 Å². The van der Waals surface area contributed by atoms with Crippen molar-refractivity contribution >= 4 is 11.7 Å². The summed E-state index contributed by atoms with van der Waals surface area (Å²) in [6, 6.07) is 4.27. The van der Waals surface area contributed by atoms with Crippen molar-refractivity contribution in [3.05, 3.63) is 29.6 Å². The van der Waals surface area contributed by atoms with E-state index < -0.39 is 11.8 Å². The lowest BCUT2D eigenvalue weighted by molar-refractivity contribution is 0.0692. The molecular weight excluding hydrogens is 197 g/mol. The van der Waals surface area contributed by atoms with E-state index in [0.29, 0.717) is 5.69 Å². The highest BCUT2D eigenvalue weighted by Crippen LogP contribution is 2.15. The van der Waals surface area contributed by atoms with Crippen LogP contribution in [0.5, 0.6) is 0 Å². The van der Waals surface area contributed by atoms with E-state index in [4.69, 9.17) is 5.11 Å². The average Bonchev–Trinajstić information content (AvgIpc) is 2.17. The van der Waals surface area contributed by atoms with E-state index in [2.05, 4.69) is 5.32 Å². The van der Waals surface area contributed by atoms with Crippen LogP contribution in [0.3, 0.4) is 0 Å². The predicted molar refractivity (Wildman–Crippen MR) is 56.7 cm³/mol. The SMILES string of the molecule is CC[C@H](C)Nc1ccc(C(=O)O)c(F)c1. The molecule has 4 heteroatoms. The molecule has 0 saturated heterocycles. The molecule has 0 unspecified atom stereocenters. The van der Waals surface area contributed by atoms with Gasteiger partial charge in [-0.25, -0.2) is 9.18 Å². The Hall–Kier alpha value is -1.58. The molecule has 0 aliphatic carbocycles. The van der Waals surface area contributed by atoms with E-state index in [9.17, 15) is 9.18 Å². The van der Waals surface area contributed by atoms with Crippen molar-refractivity contribution in [2.24, 2.45) is 0 Å². The summed E-state index contributed by atoms with van der Waals surface area (Å²) in [7, 11) is 0. The molecule has 0 heterocycles. The molecule has 0 aromatic heterocycles. The molecule has 15 heavy (non-hydrogen) atoms. The van der Waals surface area contributed by atoms with Crippen LogP contribution in [0.15, 0.2) is 18.2 Å². The standard InChI is InChI=1S/C11H14FNO2/c1-3-7(2)13-8-4-5-9(11(14)15)10(12)6-8/h4-7,13H,3H2,1-2H3,(H,14,15)/t7-/m0/s1. The summed E-state index contributed by atoms with van der Waals surface area (Å²) >= 11 is 0. The van der Waals surface area contributed by atoms with Gasteiger partial charge in [-0.1, -0.05) is 6.92 Å². The number of benzene rings is 1. The van der Waals surface area contributed by atoms with Gasteiger partial charge < -0.3 is 10.4 Å². The lowest BCUT2D eigenvalue weighted by Crippen LogP contribution is -2.13. The molecule has 0 aliphatic heterocycles. The minimum Gasteiger partial charge on any atom is -0.478 e.